The third kappa shape index (κ3) is 1.37. The fourth-order valence-electron chi connectivity index (χ4n) is 0.774. The Morgan fingerprint density at radius 1 is 1.27 bits per heavy atom. The molecule has 58 valence electrons. The molecule has 0 unspecified atom stereocenters. The van der Waals surface area contributed by atoms with Gasteiger partial charge in [-0.3, -0.25) is 0 Å². The predicted octanol–water partition coefficient (Wildman–Crippen LogP) is 2.49. The molecule has 1 aromatic carbocycles. The second kappa shape index (κ2) is 2.70. The molecule has 0 atom stereocenters. The first-order valence-corrected chi connectivity index (χ1v) is 2.95. The first kappa shape index (κ1) is 7.72. The first-order valence-electron chi connectivity index (χ1n) is 2.95. The van der Waals surface area contributed by atoms with E-state index in [0.29, 0.717) is 0 Å². The zero-order valence-corrected chi connectivity index (χ0v) is 5.64. The van der Waals surface area contributed by atoms with Gasteiger partial charge in [0, 0.05) is 0 Å². The average molecular weight is 156 g/mol. The van der Waals surface area contributed by atoms with E-state index in [1.54, 1.807) is 0 Å². The summed E-state index contributed by atoms with van der Waals surface area (Å²) < 4.78 is 25.3. The van der Waals surface area contributed by atoms with E-state index in [0.717, 1.165) is 12.1 Å². The van der Waals surface area contributed by atoms with Crippen LogP contribution in [-0.4, -0.2) is 5.11 Å². The lowest BCUT2D eigenvalue weighted by molar-refractivity contribution is 0.490. The lowest BCUT2D eigenvalue weighted by atomic mass is 10.2. The van der Waals surface area contributed by atoms with E-state index in [4.69, 9.17) is 5.11 Å². The molecule has 0 bridgehead atoms. The molecule has 0 spiro atoms. The molecule has 1 aromatic rings. The van der Waals surface area contributed by atoms with Crippen LogP contribution in [0.1, 0.15) is 5.56 Å². The molecule has 1 nitrogen and oxygen atoms in total. The van der Waals surface area contributed by atoms with Crippen LogP contribution >= 0.6 is 0 Å². The Morgan fingerprint density at radius 3 is 2.00 bits per heavy atom. The Bertz CT molecular complexity index is 274. The smallest absolute Gasteiger partial charge is 0.137 e. The van der Waals surface area contributed by atoms with Gasteiger partial charge in [-0.1, -0.05) is 12.6 Å². The summed E-state index contributed by atoms with van der Waals surface area (Å²) in [5.74, 6) is -2.21. The highest BCUT2D eigenvalue weighted by molar-refractivity contribution is 5.56. The summed E-state index contributed by atoms with van der Waals surface area (Å²) in [5.41, 5.74) is -0.465. The van der Waals surface area contributed by atoms with Gasteiger partial charge in [0.15, 0.2) is 0 Å². The van der Waals surface area contributed by atoms with Crippen LogP contribution < -0.4 is 0 Å². The van der Waals surface area contributed by atoms with E-state index in [-0.39, 0.29) is 0 Å². The van der Waals surface area contributed by atoms with Gasteiger partial charge in [0.05, 0.1) is 5.56 Å². The molecule has 1 rings (SSSR count). The van der Waals surface area contributed by atoms with Gasteiger partial charge in [0.2, 0.25) is 0 Å². The molecule has 0 fully saturated rings. The Morgan fingerprint density at radius 2 is 1.73 bits per heavy atom. The summed E-state index contributed by atoms with van der Waals surface area (Å²) >= 11 is 0. The molecule has 0 heterocycles. The maximum Gasteiger partial charge on any atom is 0.137 e. The van der Waals surface area contributed by atoms with Crippen molar-refractivity contribution in [2.45, 2.75) is 0 Å². The Hall–Kier alpha value is -1.38. The van der Waals surface area contributed by atoms with E-state index in [1.165, 1.54) is 6.07 Å². The standard InChI is InChI=1S/C8H6F2O/c1-5(11)8-6(9)3-2-4-7(8)10/h2-4,11H,1H2. The predicted molar refractivity (Wildman–Crippen MR) is 38.0 cm³/mol. The largest absolute Gasteiger partial charge is 0.508 e. The maximum absolute atomic E-state index is 12.6. The Balaban J connectivity index is 3.32. The van der Waals surface area contributed by atoms with Crippen LogP contribution in [0.15, 0.2) is 24.8 Å². The quantitative estimate of drug-likeness (QED) is 0.619. The molecule has 0 saturated carbocycles. The summed E-state index contributed by atoms with van der Waals surface area (Å²) in [6.07, 6.45) is 0. The molecule has 3 heteroatoms. The van der Waals surface area contributed by atoms with E-state index >= 15 is 0 Å². The van der Waals surface area contributed by atoms with Crippen LogP contribution in [-0.2, 0) is 0 Å². The molecule has 0 amide bonds. The number of aliphatic hydroxyl groups is 1. The SMILES string of the molecule is C=C(O)c1c(F)cccc1F. The average Bonchev–Trinajstić information content (AvgIpc) is 1.85. The van der Waals surface area contributed by atoms with Gasteiger partial charge in [0.1, 0.15) is 17.4 Å². The molecule has 0 aromatic heterocycles. The Kier molecular flexibility index (Phi) is 1.89. The Labute approximate surface area is 62.6 Å². The third-order valence-electron chi connectivity index (χ3n) is 1.25. The molecule has 0 aliphatic rings. The highest BCUT2D eigenvalue weighted by Gasteiger charge is 2.09. The van der Waals surface area contributed by atoms with Crippen molar-refractivity contribution in [2.24, 2.45) is 0 Å². The molecular formula is C8H6F2O. The van der Waals surface area contributed by atoms with Crippen LogP contribution in [0.2, 0.25) is 0 Å². The first-order chi connectivity index (χ1) is 5.13. The minimum absolute atomic E-state index is 0.465. The van der Waals surface area contributed by atoms with Crippen molar-refractivity contribution in [3.05, 3.63) is 42.0 Å². The molecule has 0 aliphatic carbocycles. The van der Waals surface area contributed by atoms with Gasteiger partial charge < -0.3 is 5.11 Å². The van der Waals surface area contributed by atoms with Crippen LogP contribution in [0, 0.1) is 11.6 Å². The van der Waals surface area contributed by atoms with Crippen molar-refractivity contribution < 1.29 is 13.9 Å². The number of hydrogen-bond donors (Lipinski definition) is 1. The number of halogens is 2. The highest BCUT2D eigenvalue weighted by atomic mass is 19.1. The van der Waals surface area contributed by atoms with Gasteiger partial charge in [-0.25, -0.2) is 8.78 Å². The zero-order valence-electron chi connectivity index (χ0n) is 5.64. The monoisotopic (exact) mass is 156 g/mol. The minimum atomic E-state index is -0.808. The van der Waals surface area contributed by atoms with E-state index in [9.17, 15) is 8.78 Å². The summed E-state index contributed by atoms with van der Waals surface area (Å²) in [4.78, 5) is 0. The van der Waals surface area contributed by atoms with Gasteiger partial charge in [0.25, 0.3) is 0 Å². The van der Waals surface area contributed by atoms with Crippen LogP contribution in [0.3, 0.4) is 0 Å². The molecular weight excluding hydrogens is 150 g/mol. The minimum Gasteiger partial charge on any atom is -0.508 e. The molecule has 1 N–H and O–H groups in total. The van der Waals surface area contributed by atoms with Crippen LogP contribution in [0.5, 0.6) is 0 Å². The van der Waals surface area contributed by atoms with Crippen molar-refractivity contribution in [3.8, 4) is 0 Å². The normalized spacial score (nSPS) is 9.64. The van der Waals surface area contributed by atoms with Crippen molar-refractivity contribution >= 4 is 5.76 Å². The number of rotatable bonds is 1. The number of aliphatic hydroxyl groups excluding tert-OH is 1. The van der Waals surface area contributed by atoms with Crippen LogP contribution in [0.4, 0.5) is 8.78 Å². The third-order valence-corrected chi connectivity index (χ3v) is 1.25. The molecule has 0 aliphatic heterocycles. The van der Waals surface area contributed by atoms with Crippen molar-refractivity contribution in [1.29, 1.82) is 0 Å². The highest BCUT2D eigenvalue weighted by Crippen LogP contribution is 2.17. The number of hydrogen-bond acceptors (Lipinski definition) is 1. The maximum atomic E-state index is 12.6. The summed E-state index contributed by atoms with van der Waals surface area (Å²) in [7, 11) is 0. The topological polar surface area (TPSA) is 20.2 Å². The van der Waals surface area contributed by atoms with Gasteiger partial charge in [-0.15, -0.1) is 0 Å². The summed E-state index contributed by atoms with van der Waals surface area (Å²) in [6.45, 7) is 3.02. The van der Waals surface area contributed by atoms with E-state index < -0.39 is 23.0 Å². The van der Waals surface area contributed by atoms with Crippen molar-refractivity contribution in [2.75, 3.05) is 0 Å². The zero-order chi connectivity index (χ0) is 8.43. The molecule has 0 radical (unpaired) electrons. The second-order valence-electron chi connectivity index (χ2n) is 2.04. The van der Waals surface area contributed by atoms with E-state index in [2.05, 4.69) is 6.58 Å². The van der Waals surface area contributed by atoms with Gasteiger partial charge >= 0.3 is 0 Å². The van der Waals surface area contributed by atoms with Gasteiger partial charge in [-0.05, 0) is 12.1 Å². The van der Waals surface area contributed by atoms with E-state index in [1.807, 2.05) is 0 Å². The fraction of sp³-hybridized carbons (Fsp3) is 0. The van der Waals surface area contributed by atoms with Crippen LogP contribution in [0.25, 0.3) is 5.76 Å². The number of benzene rings is 1. The van der Waals surface area contributed by atoms with Crippen molar-refractivity contribution in [3.63, 3.8) is 0 Å². The summed E-state index contributed by atoms with van der Waals surface area (Å²) in [5, 5.41) is 8.71. The van der Waals surface area contributed by atoms with Crippen molar-refractivity contribution in [1.82, 2.24) is 0 Å². The lowest BCUT2D eigenvalue weighted by Crippen LogP contribution is -1.92. The molecule has 11 heavy (non-hydrogen) atoms. The van der Waals surface area contributed by atoms with Gasteiger partial charge in [-0.2, -0.15) is 0 Å². The lowest BCUT2D eigenvalue weighted by Gasteiger charge is -2.00. The molecule has 0 saturated heterocycles. The fourth-order valence-corrected chi connectivity index (χ4v) is 0.774. The second-order valence-corrected chi connectivity index (χ2v) is 2.04. The summed E-state index contributed by atoms with van der Waals surface area (Å²) in [6, 6.07) is 3.33.